The molecule has 7 heteroatoms. The Bertz CT molecular complexity index is 650. The van der Waals surface area contributed by atoms with Crippen LogP contribution in [0.4, 0.5) is 0 Å². The molecule has 2 aromatic heterocycles. The standard InChI is InChI=1S/C12H15N3O3S/c1-15-8-12(5-11(15)9-16)19(17,18)14-7-10-3-2-4-13-6-10/h2-6,8,14,16H,7,9H2,1H3. The van der Waals surface area contributed by atoms with Crippen LogP contribution in [-0.4, -0.2) is 23.1 Å². The van der Waals surface area contributed by atoms with E-state index in [0.29, 0.717) is 5.69 Å². The maximum Gasteiger partial charge on any atom is 0.242 e. The van der Waals surface area contributed by atoms with Crippen LogP contribution in [0.2, 0.25) is 0 Å². The van der Waals surface area contributed by atoms with Crippen molar-refractivity contribution in [2.24, 2.45) is 7.05 Å². The Morgan fingerprint density at radius 2 is 2.26 bits per heavy atom. The van der Waals surface area contributed by atoms with Crippen molar-refractivity contribution in [1.29, 1.82) is 0 Å². The minimum atomic E-state index is -3.58. The number of aryl methyl sites for hydroxylation is 1. The van der Waals surface area contributed by atoms with Gasteiger partial charge in [-0.15, -0.1) is 0 Å². The summed E-state index contributed by atoms with van der Waals surface area (Å²) < 4.78 is 28.2. The maximum atomic E-state index is 12.1. The molecule has 0 saturated heterocycles. The summed E-state index contributed by atoms with van der Waals surface area (Å²) in [6, 6.07) is 4.99. The van der Waals surface area contributed by atoms with Crippen molar-refractivity contribution in [3.8, 4) is 0 Å². The predicted octanol–water partition coefficient (Wildman–Crippen LogP) is 0.391. The maximum absolute atomic E-state index is 12.1. The number of sulfonamides is 1. The van der Waals surface area contributed by atoms with Gasteiger partial charge in [0.05, 0.1) is 11.5 Å². The third-order valence-electron chi connectivity index (χ3n) is 2.74. The van der Waals surface area contributed by atoms with Crippen molar-refractivity contribution >= 4 is 10.0 Å². The molecule has 0 radical (unpaired) electrons. The molecule has 0 amide bonds. The van der Waals surface area contributed by atoms with Gasteiger partial charge in [0.2, 0.25) is 10.0 Å². The van der Waals surface area contributed by atoms with E-state index in [2.05, 4.69) is 9.71 Å². The van der Waals surface area contributed by atoms with E-state index in [4.69, 9.17) is 5.11 Å². The highest BCUT2D eigenvalue weighted by Crippen LogP contribution is 2.13. The smallest absolute Gasteiger partial charge is 0.242 e. The molecule has 19 heavy (non-hydrogen) atoms. The van der Waals surface area contributed by atoms with Crippen LogP contribution in [0.3, 0.4) is 0 Å². The van der Waals surface area contributed by atoms with Crippen LogP contribution in [0, 0.1) is 0 Å². The summed E-state index contributed by atoms with van der Waals surface area (Å²) in [6.45, 7) is -0.0197. The van der Waals surface area contributed by atoms with Gasteiger partial charge in [-0.1, -0.05) is 6.07 Å². The van der Waals surface area contributed by atoms with Gasteiger partial charge in [-0.3, -0.25) is 4.98 Å². The van der Waals surface area contributed by atoms with Gasteiger partial charge in [-0.25, -0.2) is 13.1 Å². The van der Waals surface area contributed by atoms with Gasteiger partial charge in [-0.05, 0) is 17.7 Å². The Labute approximate surface area is 111 Å². The summed E-state index contributed by atoms with van der Waals surface area (Å²) in [4.78, 5) is 4.06. The zero-order valence-corrected chi connectivity index (χ0v) is 11.3. The van der Waals surface area contributed by atoms with Gasteiger partial charge in [0.25, 0.3) is 0 Å². The van der Waals surface area contributed by atoms with E-state index in [0.717, 1.165) is 5.56 Å². The van der Waals surface area contributed by atoms with E-state index >= 15 is 0 Å². The molecule has 0 aliphatic rings. The van der Waals surface area contributed by atoms with E-state index in [1.165, 1.54) is 12.3 Å². The highest BCUT2D eigenvalue weighted by molar-refractivity contribution is 7.89. The highest BCUT2D eigenvalue weighted by Gasteiger charge is 2.16. The van der Waals surface area contributed by atoms with E-state index in [1.807, 2.05) is 0 Å². The molecule has 6 nitrogen and oxygen atoms in total. The Balaban J connectivity index is 2.14. The first kappa shape index (κ1) is 13.7. The topological polar surface area (TPSA) is 84.2 Å². The van der Waals surface area contributed by atoms with E-state index < -0.39 is 10.0 Å². The van der Waals surface area contributed by atoms with Crippen LogP contribution >= 0.6 is 0 Å². The fourth-order valence-corrected chi connectivity index (χ4v) is 2.76. The molecule has 0 aliphatic carbocycles. The molecule has 102 valence electrons. The van der Waals surface area contributed by atoms with Gasteiger partial charge >= 0.3 is 0 Å². The molecule has 2 heterocycles. The number of nitrogens with zero attached hydrogens (tertiary/aromatic N) is 2. The Morgan fingerprint density at radius 1 is 1.47 bits per heavy atom. The average molecular weight is 281 g/mol. The van der Waals surface area contributed by atoms with Crippen LogP contribution in [-0.2, 0) is 30.2 Å². The Kier molecular flexibility index (Phi) is 3.98. The molecule has 0 bridgehead atoms. The number of hydrogen-bond donors (Lipinski definition) is 2. The average Bonchev–Trinajstić information content (AvgIpc) is 2.80. The predicted molar refractivity (Wildman–Crippen MR) is 69.6 cm³/mol. The first-order valence-corrected chi connectivity index (χ1v) is 7.16. The van der Waals surface area contributed by atoms with Crippen molar-refractivity contribution in [3.05, 3.63) is 48.0 Å². The van der Waals surface area contributed by atoms with E-state index in [-0.39, 0.29) is 18.0 Å². The Hall–Kier alpha value is -1.70. The molecule has 2 aromatic rings. The molecule has 2 rings (SSSR count). The lowest BCUT2D eigenvalue weighted by Gasteiger charge is -2.04. The second-order valence-corrected chi connectivity index (χ2v) is 5.89. The lowest BCUT2D eigenvalue weighted by atomic mass is 10.3. The van der Waals surface area contributed by atoms with Crippen LogP contribution in [0.1, 0.15) is 11.3 Å². The molecule has 0 saturated carbocycles. The second-order valence-electron chi connectivity index (χ2n) is 4.12. The Morgan fingerprint density at radius 3 is 2.84 bits per heavy atom. The molecule has 2 N–H and O–H groups in total. The fraction of sp³-hybridized carbons (Fsp3) is 0.250. The largest absolute Gasteiger partial charge is 0.390 e. The summed E-state index contributed by atoms with van der Waals surface area (Å²) in [5, 5.41) is 9.06. The zero-order chi connectivity index (χ0) is 13.9. The molecule has 0 aliphatic heterocycles. The summed E-state index contributed by atoms with van der Waals surface area (Å²) in [7, 11) is -1.89. The summed E-state index contributed by atoms with van der Waals surface area (Å²) in [6.07, 6.45) is 4.70. The molecule has 0 atom stereocenters. The van der Waals surface area contributed by atoms with Crippen molar-refractivity contribution in [2.75, 3.05) is 0 Å². The van der Waals surface area contributed by atoms with Gasteiger partial charge in [-0.2, -0.15) is 0 Å². The molecule has 0 unspecified atom stereocenters. The lowest BCUT2D eigenvalue weighted by molar-refractivity contribution is 0.272. The molecule has 0 aromatic carbocycles. The molecule has 0 spiro atoms. The van der Waals surface area contributed by atoms with Gasteiger partial charge in [0, 0.05) is 37.9 Å². The quantitative estimate of drug-likeness (QED) is 0.830. The fourth-order valence-electron chi connectivity index (χ4n) is 1.65. The minimum Gasteiger partial charge on any atom is -0.390 e. The molecular weight excluding hydrogens is 266 g/mol. The highest BCUT2D eigenvalue weighted by atomic mass is 32.2. The SMILES string of the molecule is Cn1cc(S(=O)(=O)NCc2cccnc2)cc1CO. The second kappa shape index (κ2) is 5.52. The van der Waals surface area contributed by atoms with Crippen molar-refractivity contribution < 1.29 is 13.5 Å². The van der Waals surface area contributed by atoms with E-state index in [9.17, 15) is 8.42 Å². The number of aromatic nitrogens is 2. The first-order valence-electron chi connectivity index (χ1n) is 5.67. The van der Waals surface area contributed by atoms with Crippen LogP contribution in [0.5, 0.6) is 0 Å². The minimum absolute atomic E-state index is 0.142. The van der Waals surface area contributed by atoms with Crippen molar-refractivity contribution in [2.45, 2.75) is 18.0 Å². The molecular formula is C12H15N3O3S. The van der Waals surface area contributed by atoms with Crippen LogP contribution in [0.25, 0.3) is 0 Å². The normalized spacial score (nSPS) is 11.7. The third kappa shape index (κ3) is 3.19. The number of nitrogens with one attached hydrogen (secondary N) is 1. The monoisotopic (exact) mass is 281 g/mol. The number of hydrogen-bond acceptors (Lipinski definition) is 4. The van der Waals surface area contributed by atoms with Crippen LogP contribution in [0.15, 0.2) is 41.7 Å². The summed E-state index contributed by atoms with van der Waals surface area (Å²) in [5.74, 6) is 0. The van der Waals surface area contributed by atoms with Gasteiger partial charge in [0.1, 0.15) is 0 Å². The van der Waals surface area contributed by atoms with Crippen molar-refractivity contribution in [1.82, 2.24) is 14.3 Å². The van der Waals surface area contributed by atoms with Crippen molar-refractivity contribution in [3.63, 3.8) is 0 Å². The van der Waals surface area contributed by atoms with Gasteiger partial charge < -0.3 is 9.67 Å². The summed E-state index contributed by atoms with van der Waals surface area (Å²) in [5.41, 5.74) is 1.33. The van der Waals surface area contributed by atoms with E-state index in [1.54, 1.807) is 36.1 Å². The number of aliphatic hydroxyl groups is 1. The number of pyridine rings is 1. The van der Waals surface area contributed by atoms with Gasteiger partial charge in [0.15, 0.2) is 0 Å². The number of rotatable bonds is 5. The lowest BCUT2D eigenvalue weighted by Crippen LogP contribution is -2.22. The third-order valence-corrected chi connectivity index (χ3v) is 4.11. The number of aliphatic hydroxyl groups excluding tert-OH is 1. The first-order chi connectivity index (χ1) is 9.03. The van der Waals surface area contributed by atoms with Crippen LogP contribution < -0.4 is 4.72 Å². The zero-order valence-electron chi connectivity index (χ0n) is 10.4. The summed E-state index contributed by atoms with van der Waals surface area (Å²) >= 11 is 0. The molecule has 0 fully saturated rings.